The van der Waals surface area contributed by atoms with Gasteiger partial charge >= 0.3 is 17.6 Å². The Morgan fingerprint density at radius 1 is 1.11 bits per heavy atom. The third-order valence-electron chi connectivity index (χ3n) is 4.69. The Balaban J connectivity index is 2.22. The van der Waals surface area contributed by atoms with Crippen LogP contribution in [0.15, 0.2) is 45.1 Å². The molecule has 0 amide bonds. The molecular formula is C21H22O7. The van der Waals surface area contributed by atoms with Gasteiger partial charge in [0.2, 0.25) is 0 Å². The summed E-state index contributed by atoms with van der Waals surface area (Å²) in [6.07, 6.45) is -0.330. The molecule has 7 heteroatoms. The van der Waals surface area contributed by atoms with E-state index in [1.165, 1.54) is 13.0 Å². The highest BCUT2D eigenvalue weighted by molar-refractivity contribution is 5.88. The van der Waals surface area contributed by atoms with Gasteiger partial charge in [0.15, 0.2) is 12.2 Å². The molecule has 148 valence electrons. The van der Waals surface area contributed by atoms with Crippen LogP contribution in [0.4, 0.5) is 0 Å². The molecule has 2 heterocycles. The summed E-state index contributed by atoms with van der Waals surface area (Å²) in [5, 5.41) is 0.633. The Morgan fingerprint density at radius 2 is 1.79 bits per heavy atom. The average molecular weight is 386 g/mol. The number of esters is 2. The van der Waals surface area contributed by atoms with Crippen LogP contribution in [-0.2, 0) is 19.1 Å². The maximum Gasteiger partial charge on any atom is 0.336 e. The maximum absolute atomic E-state index is 12.4. The molecule has 0 spiro atoms. The van der Waals surface area contributed by atoms with Gasteiger partial charge < -0.3 is 18.6 Å². The second kappa shape index (κ2) is 7.14. The molecule has 0 saturated heterocycles. The van der Waals surface area contributed by atoms with E-state index < -0.39 is 35.4 Å². The van der Waals surface area contributed by atoms with Crippen LogP contribution < -0.4 is 10.4 Å². The van der Waals surface area contributed by atoms with Crippen molar-refractivity contribution in [1.29, 1.82) is 0 Å². The fourth-order valence-corrected chi connectivity index (χ4v) is 3.18. The molecule has 0 saturated carbocycles. The van der Waals surface area contributed by atoms with E-state index >= 15 is 0 Å². The smallest absolute Gasteiger partial charge is 0.336 e. The number of carbonyl (C=O) groups excluding carboxylic acids is 2. The van der Waals surface area contributed by atoms with Crippen LogP contribution in [-0.4, -0.2) is 23.6 Å². The van der Waals surface area contributed by atoms with Crippen LogP contribution in [0.2, 0.25) is 0 Å². The number of fused-ring (bicyclic) bond motifs is 3. The van der Waals surface area contributed by atoms with Gasteiger partial charge in [-0.3, -0.25) is 4.79 Å². The van der Waals surface area contributed by atoms with Crippen molar-refractivity contribution in [3.63, 3.8) is 0 Å². The van der Waals surface area contributed by atoms with E-state index in [2.05, 4.69) is 0 Å². The molecule has 0 fully saturated rings. The van der Waals surface area contributed by atoms with Crippen molar-refractivity contribution in [3.8, 4) is 5.75 Å². The lowest BCUT2D eigenvalue weighted by molar-refractivity contribution is -0.186. The van der Waals surface area contributed by atoms with Crippen LogP contribution in [0, 0.1) is 0 Å². The number of hydrogen-bond acceptors (Lipinski definition) is 7. The van der Waals surface area contributed by atoms with E-state index in [9.17, 15) is 14.4 Å². The third-order valence-corrected chi connectivity index (χ3v) is 4.69. The average Bonchev–Trinajstić information content (AvgIpc) is 2.62. The molecule has 7 nitrogen and oxygen atoms in total. The lowest BCUT2D eigenvalue weighted by atomic mass is 9.87. The Kier molecular flexibility index (Phi) is 5.02. The first-order valence-electron chi connectivity index (χ1n) is 8.91. The van der Waals surface area contributed by atoms with Gasteiger partial charge in [-0.2, -0.15) is 0 Å². The highest BCUT2D eigenvalue weighted by Crippen LogP contribution is 2.46. The van der Waals surface area contributed by atoms with E-state index in [-0.39, 0.29) is 5.58 Å². The fraction of sp³-hybridized carbons (Fsp3) is 0.381. The summed E-state index contributed by atoms with van der Waals surface area (Å²) in [5.74, 6) is -0.715. The normalized spacial score (nSPS) is 20.8. The van der Waals surface area contributed by atoms with Gasteiger partial charge in [0.1, 0.15) is 16.9 Å². The summed E-state index contributed by atoms with van der Waals surface area (Å²) in [6, 6.07) is 6.37. The molecule has 2 aromatic rings. The first kappa shape index (κ1) is 19.7. The number of carbonyl (C=O) groups is 2. The first-order chi connectivity index (χ1) is 13.1. The van der Waals surface area contributed by atoms with Crippen molar-refractivity contribution >= 4 is 22.9 Å². The Hall–Kier alpha value is -3.09. The summed E-state index contributed by atoms with van der Waals surface area (Å²) in [5.41, 5.74) is -0.547. The molecule has 1 aliphatic heterocycles. The van der Waals surface area contributed by atoms with Gasteiger partial charge in [-0.15, -0.1) is 0 Å². The van der Waals surface area contributed by atoms with Crippen molar-refractivity contribution in [1.82, 2.24) is 0 Å². The van der Waals surface area contributed by atoms with E-state index in [4.69, 9.17) is 18.6 Å². The lowest BCUT2D eigenvalue weighted by Crippen LogP contribution is -2.52. The summed E-state index contributed by atoms with van der Waals surface area (Å²) in [6.45, 7) is 8.09. The number of hydrogen-bond donors (Lipinski definition) is 0. The van der Waals surface area contributed by atoms with Crippen LogP contribution in [0.25, 0.3) is 11.0 Å². The highest BCUT2D eigenvalue weighted by Gasteiger charge is 2.50. The standard InChI is InChI=1S/C21H22O7/c1-6-11(2)20(24)27-19-18(25-12(3)22)16-14(28-21(19,4)5)9-7-13-8-10-15(23)26-17(13)16/h6-10,18-19H,1-5H3/t18-,19-/m0/s1. The maximum atomic E-state index is 12.4. The van der Waals surface area contributed by atoms with Crippen molar-refractivity contribution in [2.24, 2.45) is 0 Å². The van der Waals surface area contributed by atoms with E-state index in [0.29, 0.717) is 22.3 Å². The predicted molar refractivity (Wildman–Crippen MR) is 101 cm³/mol. The SMILES string of the molecule is CC=C(C)C(=O)O[C@H]1[C@@H](OC(C)=O)c2c(ccc3ccc(=O)oc23)OC1(C)C. The van der Waals surface area contributed by atoms with E-state index in [1.807, 2.05) is 0 Å². The third kappa shape index (κ3) is 3.52. The number of rotatable bonds is 3. The molecule has 28 heavy (non-hydrogen) atoms. The molecule has 0 unspecified atom stereocenters. The molecule has 0 N–H and O–H groups in total. The van der Waals surface area contributed by atoms with Gasteiger partial charge in [0.05, 0.1) is 5.56 Å². The van der Waals surface area contributed by atoms with E-state index in [1.54, 1.807) is 52.0 Å². The zero-order valence-electron chi connectivity index (χ0n) is 16.4. The minimum atomic E-state index is -1.00. The molecule has 0 aliphatic carbocycles. The van der Waals surface area contributed by atoms with Gasteiger partial charge in [-0.25, -0.2) is 9.59 Å². The second-order valence-corrected chi connectivity index (χ2v) is 7.18. The fourth-order valence-electron chi connectivity index (χ4n) is 3.18. The molecule has 1 aromatic heterocycles. The minimum Gasteiger partial charge on any atom is -0.483 e. The monoisotopic (exact) mass is 386 g/mol. The molecule has 0 radical (unpaired) electrons. The van der Waals surface area contributed by atoms with Crippen molar-refractivity contribution in [2.75, 3.05) is 0 Å². The largest absolute Gasteiger partial charge is 0.483 e. The van der Waals surface area contributed by atoms with Crippen LogP contribution in [0.5, 0.6) is 5.75 Å². The number of benzene rings is 1. The second-order valence-electron chi connectivity index (χ2n) is 7.18. The van der Waals surface area contributed by atoms with Gasteiger partial charge in [-0.1, -0.05) is 6.08 Å². The Labute approximate surface area is 161 Å². The molecule has 1 aromatic carbocycles. The zero-order chi connectivity index (χ0) is 20.6. The molecule has 0 bridgehead atoms. The van der Waals surface area contributed by atoms with E-state index in [0.717, 1.165) is 0 Å². The van der Waals surface area contributed by atoms with Crippen molar-refractivity contribution < 1.29 is 28.2 Å². The van der Waals surface area contributed by atoms with Crippen molar-refractivity contribution in [2.45, 2.75) is 52.4 Å². The van der Waals surface area contributed by atoms with Crippen molar-refractivity contribution in [3.05, 3.63) is 51.9 Å². The van der Waals surface area contributed by atoms with Crippen LogP contribution >= 0.6 is 0 Å². The number of ether oxygens (including phenoxy) is 3. The summed E-state index contributed by atoms with van der Waals surface area (Å²) in [4.78, 5) is 36.1. The zero-order valence-corrected chi connectivity index (χ0v) is 16.4. The van der Waals surface area contributed by atoms with Gasteiger partial charge in [0.25, 0.3) is 0 Å². The lowest BCUT2D eigenvalue weighted by Gasteiger charge is -2.43. The Bertz CT molecular complexity index is 1030. The Morgan fingerprint density at radius 3 is 2.43 bits per heavy atom. The minimum absolute atomic E-state index is 0.232. The van der Waals surface area contributed by atoms with Crippen LogP contribution in [0.3, 0.4) is 0 Å². The molecule has 3 rings (SSSR count). The summed E-state index contributed by atoms with van der Waals surface area (Å²) in [7, 11) is 0. The van der Waals surface area contributed by atoms with Gasteiger partial charge in [0, 0.05) is 23.9 Å². The predicted octanol–water partition coefficient (Wildman–Crippen LogP) is 3.45. The summed E-state index contributed by atoms with van der Waals surface area (Å²) < 4.78 is 22.7. The van der Waals surface area contributed by atoms with Gasteiger partial charge in [-0.05, 0) is 45.9 Å². The quantitative estimate of drug-likeness (QED) is 0.453. The highest BCUT2D eigenvalue weighted by atomic mass is 16.6. The molecule has 1 aliphatic rings. The van der Waals surface area contributed by atoms with Crippen LogP contribution in [0.1, 0.15) is 46.3 Å². The first-order valence-corrected chi connectivity index (χ1v) is 8.91. The topological polar surface area (TPSA) is 92.0 Å². The molecule has 2 atom stereocenters. The summed E-state index contributed by atoms with van der Waals surface area (Å²) >= 11 is 0. The molecular weight excluding hydrogens is 364 g/mol. The number of allylic oxidation sites excluding steroid dienone is 1.